The summed E-state index contributed by atoms with van der Waals surface area (Å²) in [5, 5.41) is 15.8. The molecule has 0 fully saturated rings. The van der Waals surface area contributed by atoms with Crippen molar-refractivity contribution in [1.29, 1.82) is 0 Å². The Morgan fingerprint density at radius 2 is 2.05 bits per heavy atom. The van der Waals surface area contributed by atoms with E-state index in [0.717, 1.165) is 11.4 Å². The minimum atomic E-state index is -1.26. The van der Waals surface area contributed by atoms with E-state index in [1.54, 1.807) is 4.68 Å². The number of aromatic nitrogens is 2. The fraction of sp³-hybridized carbons (Fsp3) is 0.615. The molecule has 1 aromatic heterocycles. The Morgan fingerprint density at radius 1 is 1.47 bits per heavy atom. The van der Waals surface area contributed by atoms with E-state index in [4.69, 9.17) is 5.11 Å². The maximum absolute atomic E-state index is 11.8. The molecule has 1 rings (SSSR count). The monoisotopic (exact) mass is 267 g/mol. The molecule has 6 nitrogen and oxygen atoms in total. The number of nitrogens with one attached hydrogen (secondary N) is 1. The van der Waals surface area contributed by atoms with Gasteiger partial charge in [-0.25, -0.2) is 4.79 Å². The van der Waals surface area contributed by atoms with E-state index in [-0.39, 0.29) is 18.4 Å². The number of carbonyl (C=O) groups is 2. The first-order valence-corrected chi connectivity index (χ1v) is 6.20. The standard InChI is InChI=1S/C13H21N3O3/c1-8-6-9(2)16(15-8)10(3)7-11(17)14-13(4,5)12(18)19/h6,10H,7H2,1-5H3,(H,14,17)(H,18,19). The lowest BCUT2D eigenvalue weighted by Gasteiger charge is -2.22. The summed E-state index contributed by atoms with van der Waals surface area (Å²) in [5.41, 5.74) is 0.622. The molecule has 19 heavy (non-hydrogen) atoms. The van der Waals surface area contributed by atoms with Crippen LogP contribution in [0.4, 0.5) is 0 Å². The summed E-state index contributed by atoms with van der Waals surface area (Å²) in [6, 6.07) is 1.83. The van der Waals surface area contributed by atoms with Gasteiger partial charge < -0.3 is 10.4 Å². The van der Waals surface area contributed by atoms with E-state index in [0.29, 0.717) is 0 Å². The molecule has 0 saturated carbocycles. The van der Waals surface area contributed by atoms with Gasteiger partial charge in [-0.15, -0.1) is 0 Å². The summed E-state index contributed by atoms with van der Waals surface area (Å²) in [5.74, 6) is -1.35. The average molecular weight is 267 g/mol. The second-order valence-electron chi connectivity index (χ2n) is 5.40. The van der Waals surface area contributed by atoms with E-state index in [9.17, 15) is 9.59 Å². The van der Waals surface area contributed by atoms with Crippen LogP contribution in [-0.4, -0.2) is 32.3 Å². The number of aliphatic carboxylic acids is 1. The highest BCUT2D eigenvalue weighted by Crippen LogP contribution is 2.15. The number of amides is 1. The molecular weight excluding hydrogens is 246 g/mol. The van der Waals surface area contributed by atoms with Crippen molar-refractivity contribution in [2.24, 2.45) is 0 Å². The number of hydrogen-bond donors (Lipinski definition) is 2. The number of aryl methyl sites for hydroxylation is 2. The SMILES string of the molecule is Cc1cc(C)n(C(C)CC(=O)NC(C)(C)C(=O)O)n1. The van der Waals surface area contributed by atoms with Gasteiger partial charge in [0.05, 0.1) is 11.7 Å². The molecule has 6 heteroatoms. The van der Waals surface area contributed by atoms with E-state index in [1.165, 1.54) is 13.8 Å². The molecule has 0 aliphatic heterocycles. The van der Waals surface area contributed by atoms with Gasteiger partial charge in [0, 0.05) is 12.1 Å². The number of carboxylic acids is 1. The molecule has 1 aromatic rings. The average Bonchev–Trinajstić information content (AvgIpc) is 2.56. The molecule has 0 aliphatic carbocycles. The Kier molecular flexibility index (Phi) is 4.34. The van der Waals surface area contributed by atoms with Crippen molar-refractivity contribution >= 4 is 11.9 Å². The lowest BCUT2D eigenvalue weighted by molar-refractivity contribution is -0.146. The Balaban J connectivity index is 2.68. The lowest BCUT2D eigenvalue weighted by atomic mass is 10.1. The molecule has 2 N–H and O–H groups in total. The van der Waals surface area contributed by atoms with Gasteiger partial charge in [-0.1, -0.05) is 0 Å². The summed E-state index contributed by atoms with van der Waals surface area (Å²) in [6.45, 7) is 8.62. The van der Waals surface area contributed by atoms with Crippen molar-refractivity contribution in [3.63, 3.8) is 0 Å². The molecule has 0 radical (unpaired) electrons. The van der Waals surface area contributed by atoms with Gasteiger partial charge in [0.15, 0.2) is 0 Å². The van der Waals surface area contributed by atoms with Crippen molar-refractivity contribution in [1.82, 2.24) is 15.1 Å². The summed E-state index contributed by atoms with van der Waals surface area (Å²) < 4.78 is 1.78. The van der Waals surface area contributed by atoms with Gasteiger partial charge in [-0.3, -0.25) is 9.48 Å². The van der Waals surface area contributed by atoms with Crippen LogP contribution in [0.3, 0.4) is 0 Å². The third kappa shape index (κ3) is 3.81. The van der Waals surface area contributed by atoms with Gasteiger partial charge in [0.2, 0.25) is 5.91 Å². The van der Waals surface area contributed by atoms with Crippen LogP contribution in [0.2, 0.25) is 0 Å². The Labute approximate surface area is 112 Å². The van der Waals surface area contributed by atoms with Crippen LogP contribution in [0.15, 0.2) is 6.07 Å². The van der Waals surface area contributed by atoms with E-state index in [2.05, 4.69) is 10.4 Å². The first kappa shape index (κ1) is 15.2. The van der Waals surface area contributed by atoms with Crippen LogP contribution in [0.25, 0.3) is 0 Å². The van der Waals surface area contributed by atoms with Gasteiger partial charge in [0.25, 0.3) is 0 Å². The Hall–Kier alpha value is -1.85. The lowest BCUT2D eigenvalue weighted by Crippen LogP contribution is -2.50. The second-order valence-corrected chi connectivity index (χ2v) is 5.40. The quantitative estimate of drug-likeness (QED) is 0.845. The zero-order chi connectivity index (χ0) is 14.8. The number of carbonyl (C=O) groups excluding carboxylic acids is 1. The van der Waals surface area contributed by atoms with Crippen LogP contribution >= 0.6 is 0 Å². The molecule has 0 aliphatic rings. The second kappa shape index (κ2) is 5.42. The number of nitrogens with zero attached hydrogens (tertiary/aromatic N) is 2. The summed E-state index contributed by atoms with van der Waals surface area (Å²) in [7, 11) is 0. The predicted octanol–water partition coefficient (Wildman–Crippen LogP) is 1.43. The van der Waals surface area contributed by atoms with Crippen LogP contribution in [0.5, 0.6) is 0 Å². The minimum absolute atomic E-state index is 0.113. The minimum Gasteiger partial charge on any atom is -0.480 e. The number of carboxylic acid groups (broad SMARTS) is 1. The third-order valence-electron chi connectivity index (χ3n) is 2.93. The molecule has 1 unspecified atom stereocenters. The Bertz CT molecular complexity index is 491. The zero-order valence-corrected chi connectivity index (χ0v) is 12.0. The molecule has 0 bridgehead atoms. The molecule has 0 saturated heterocycles. The van der Waals surface area contributed by atoms with Gasteiger partial charge >= 0.3 is 5.97 Å². The van der Waals surface area contributed by atoms with Crippen LogP contribution < -0.4 is 5.32 Å². The maximum atomic E-state index is 11.8. The topological polar surface area (TPSA) is 84.2 Å². The third-order valence-corrected chi connectivity index (χ3v) is 2.93. The molecule has 1 atom stereocenters. The number of hydrogen-bond acceptors (Lipinski definition) is 3. The zero-order valence-electron chi connectivity index (χ0n) is 12.0. The first-order chi connectivity index (χ1) is 8.63. The molecular formula is C13H21N3O3. The smallest absolute Gasteiger partial charge is 0.328 e. The van der Waals surface area contributed by atoms with Gasteiger partial charge in [-0.2, -0.15) is 5.10 Å². The highest BCUT2D eigenvalue weighted by atomic mass is 16.4. The first-order valence-electron chi connectivity index (χ1n) is 6.20. The van der Waals surface area contributed by atoms with E-state index < -0.39 is 11.5 Å². The summed E-state index contributed by atoms with van der Waals surface area (Å²) >= 11 is 0. The van der Waals surface area contributed by atoms with Crippen molar-refractivity contribution in [3.8, 4) is 0 Å². The summed E-state index contributed by atoms with van der Waals surface area (Å²) in [6.07, 6.45) is 0.193. The van der Waals surface area contributed by atoms with E-state index >= 15 is 0 Å². The van der Waals surface area contributed by atoms with Crippen molar-refractivity contribution < 1.29 is 14.7 Å². The van der Waals surface area contributed by atoms with Crippen LogP contribution in [0, 0.1) is 13.8 Å². The molecule has 106 valence electrons. The Morgan fingerprint density at radius 3 is 2.47 bits per heavy atom. The van der Waals surface area contributed by atoms with Gasteiger partial charge in [0.1, 0.15) is 5.54 Å². The molecule has 1 heterocycles. The molecule has 0 spiro atoms. The van der Waals surface area contributed by atoms with Crippen LogP contribution in [0.1, 0.15) is 44.6 Å². The van der Waals surface area contributed by atoms with E-state index in [1.807, 2.05) is 26.8 Å². The summed E-state index contributed by atoms with van der Waals surface area (Å²) in [4.78, 5) is 22.8. The fourth-order valence-electron chi connectivity index (χ4n) is 1.90. The fourth-order valence-corrected chi connectivity index (χ4v) is 1.90. The number of rotatable bonds is 5. The highest BCUT2D eigenvalue weighted by Gasteiger charge is 2.29. The van der Waals surface area contributed by atoms with Crippen molar-refractivity contribution in [3.05, 3.63) is 17.5 Å². The maximum Gasteiger partial charge on any atom is 0.328 e. The normalized spacial score (nSPS) is 13.1. The molecule has 0 aromatic carbocycles. The predicted molar refractivity (Wildman–Crippen MR) is 70.9 cm³/mol. The van der Waals surface area contributed by atoms with Crippen LogP contribution in [-0.2, 0) is 9.59 Å². The van der Waals surface area contributed by atoms with Crippen molar-refractivity contribution in [2.45, 2.75) is 52.6 Å². The highest BCUT2D eigenvalue weighted by molar-refractivity contribution is 5.86. The van der Waals surface area contributed by atoms with Crippen molar-refractivity contribution in [2.75, 3.05) is 0 Å². The largest absolute Gasteiger partial charge is 0.480 e. The molecule has 1 amide bonds. The van der Waals surface area contributed by atoms with Gasteiger partial charge in [-0.05, 0) is 40.7 Å².